The zero-order chi connectivity index (χ0) is 24.6. The Balaban J connectivity index is 1.61. The Bertz CT molecular complexity index is 1490. The number of nitrogens with one attached hydrogen (secondary N) is 2. The number of amides is 1. The number of thioether (sulfide) groups is 1. The molecule has 7 nitrogen and oxygen atoms in total. The fourth-order valence-corrected chi connectivity index (χ4v) is 5.48. The molecule has 1 amide bonds. The average Bonchev–Trinajstić information content (AvgIpc) is 3.13. The first-order valence-corrected chi connectivity index (χ1v) is 12.2. The molecule has 0 bridgehead atoms. The lowest BCUT2D eigenvalue weighted by Gasteiger charge is -2.12. The van der Waals surface area contributed by atoms with Gasteiger partial charge in [0.1, 0.15) is 16.9 Å². The van der Waals surface area contributed by atoms with Crippen molar-refractivity contribution < 1.29 is 14.7 Å². The van der Waals surface area contributed by atoms with Gasteiger partial charge < -0.3 is 15.4 Å². The Hall–Kier alpha value is -3.43. The molecule has 0 aliphatic carbocycles. The van der Waals surface area contributed by atoms with Gasteiger partial charge in [0.05, 0.1) is 16.3 Å². The van der Waals surface area contributed by atoms with Crippen molar-refractivity contribution in [3.05, 3.63) is 68.3 Å². The fraction of sp³-hybridized carbons (Fsp3) is 0.200. The number of anilines is 1. The van der Waals surface area contributed by atoms with Crippen LogP contribution in [0.25, 0.3) is 21.3 Å². The van der Waals surface area contributed by atoms with Crippen molar-refractivity contribution in [2.24, 2.45) is 0 Å². The Kier molecular flexibility index (Phi) is 6.58. The minimum Gasteiger partial charge on any atom is -0.506 e. The Morgan fingerprint density at radius 2 is 1.94 bits per heavy atom. The zero-order valence-corrected chi connectivity index (χ0v) is 20.7. The van der Waals surface area contributed by atoms with Crippen molar-refractivity contribution in [1.82, 2.24) is 9.97 Å². The lowest BCUT2D eigenvalue weighted by Crippen LogP contribution is -2.23. The van der Waals surface area contributed by atoms with Gasteiger partial charge in [0.2, 0.25) is 5.91 Å². The molecule has 3 N–H and O–H groups in total. The van der Waals surface area contributed by atoms with Crippen LogP contribution < -0.4 is 10.9 Å². The maximum absolute atomic E-state index is 13.0. The van der Waals surface area contributed by atoms with Crippen molar-refractivity contribution in [2.75, 3.05) is 5.32 Å². The first-order chi connectivity index (χ1) is 16.2. The lowest BCUT2D eigenvalue weighted by atomic mass is 9.99. The lowest BCUT2D eigenvalue weighted by molar-refractivity contribution is -0.115. The first kappa shape index (κ1) is 23.7. The predicted octanol–water partition coefficient (Wildman–Crippen LogP) is 5.21. The van der Waals surface area contributed by atoms with Crippen LogP contribution in [-0.2, 0) is 4.79 Å². The van der Waals surface area contributed by atoms with Crippen LogP contribution in [-0.4, -0.2) is 32.5 Å². The summed E-state index contributed by atoms with van der Waals surface area (Å²) in [5.74, 6) is -0.540. The van der Waals surface area contributed by atoms with Crippen molar-refractivity contribution in [2.45, 2.75) is 38.1 Å². The van der Waals surface area contributed by atoms with Gasteiger partial charge in [-0.25, -0.2) is 4.98 Å². The Morgan fingerprint density at radius 3 is 2.65 bits per heavy atom. The third-order valence-corrected chi connectivity index (χ3v) is 7.57. The standard InChI is InChI=1S/C25H23N3O4S2/c1-12-5-7-17(9-13(12)2)20-14(3)33-24-21(20)23(32)27-25(28-24)34-15(4)22(31)26-18-10-16(11-29)6-8-19(18)30/h5-11,15,30H,1-4H3,(H,26,31)(H,27,28,32). The Labute approximate surface area is 204 Å². The number of aromatic hydroxyl groups is 1. The number of hydrogen-bond acceptors (Lipinski definition) is 7. The summed E-state index contributed by atoms with van der Waals surface area (Å²) in [5, 5.41) is 12.8. The fourth-order valence-electron chi connectivity index (χ4n) is 3.58. The summed E-state index contributed by atoms with van der Waals surface area (Å²) in [4.78, 5) is 45.7. The number of aromatic amines is 1. The maximum atomic E-state index is 13.0. The van der Waals surface area contributed by atoms with Crippen LogP contribution in [0, 0.1) is 20.8 Å². The van der Waals surface area contributed by atoms with E-state index < -0.39 is 11.2 Å². The number of aryl methyl sites for hydroxylation is 3. The number of rotatable bonds is 6. The molecular weight excluding hydrogens is 470 g/mol. The van der Waals surface area contributed by atoms with E-state index >= 15 is 0 Å². The molecule has 2 aromatic carbocycles. The summed E-state index contributed by atoms with van der Waals surface area (Å²) in [6, 6.07) is 10.3. The molecule has 0 spiro atoms. The van der Waals surface area contributed by atoms with Gasteiger partial charge in [0, 0.05) is 16.0 Å². The molecule has 1 atom stereocenters. The summed E-state index contributed by atoms with van der Waals surface area (Å²) in [6.45, 7) is 7.73. The van der Waals surface area contributed by atoms with E-state index in [1.807, 2.05) is 32.9 Å². The summed E-state index contributed by atoms with van der Waals surface area (Å²) in [6.07, 6.45) is 0.631. The van der Waals surface area contributed by atoms with Gasteiger partial charge >= 0.3 is 0 Å². The maximum Gasteiger partial charge on any atom is 0.260 e. The largest absolute Gasteiger partial charge is 0.506 e. The van der Waals surface area contributed by atoms with E-state index in [4.69, 9.17) is 0 Å². The van der Waals surface area contributed by atoms with Gasteiger partial charge in [-0.15, -0.1) is 11.3 Å². The van der Waals surface area contributed by atoms with E-state index in [0.717, 1.165) is 33.3 Å². The first-order valence-electron chi connectivity index (χ1n) is 10.5. The highest BCUT2D eigenvalue weighted by Crippen LogP contribution is 2.37. The van der Waals surface area contributed by atoms with Crippen LogP contribution in [0.3, 0.4) is 0 Å². The number of phenols is 1. The number of benzene rings is 2. The van der Waals surface area contributed by atoms with Crippen LogP contribution in [0.4, 0.5) is 5.69 Å². The smallest absolute Gasteiger partial charge is 0.260 e. The molecule has 9 heteroatoms. The quantitative estimate of drug-likeness (QED) is 0.147. The molecule has 1 unspecified atom stereocenters. The average molecular weight is 494 g/mol. The number of aromatic nitrogens is 2. The van der Waals surface area contributed by atoms with Gasteiger partial charge in [0.15, 0.2) is 5.16 Å². The molecular formula is C25H23N3O4S2. The minimum absolute atomic E-state index is 0.142. The SMILES string of the molecule is Cc1ccc(-c2c(C)sc3nc(SC(C)C(=O)Nc4cc(C=O)ccc4O)[nH]c(=O)c23)cc1C. The van der Waals surface area contributed by atoms with Crippen LogP contribution >= 0.6 is 23.1 Å². The number of fused-ring (bicyclic) bond motifs is 1. The van der Waals surface area contributed by atoms with Crippen molar-refractivity contribution in [3.63, 3.8) is 0 Å². The van der Waals surface area contributed by atoms with E-state index in [-0.39, 0.29) is 17.0 Å². The highest BCUT2D eigenvalue weighted by molar-refractivity contribution is 8.00. The number of hydrogen-bond donors (Lipinski definition) is 3. The number of thiophene rings is 1. The highest BCUT2D eigenvalue weighted by atomic mass is 32.2. The predicted molar refractivity (Wildman–Crippen MR) is 137 cm³/mol. The van der Waals surface area contributed by atoms with Gasteiger partial charge in [0.25, 0.3) is 5.56 Å². The minimum atomic E-state index is -0.625. The number of H-pyrrole nitrogens is 1. The monoisotopic (exact) mass is 493 g/mol. The molecule has 2 heterocycles. The van der Waals surface area contributed by atoms with Gasteiger partial charge in [-0.2, -0.15) is 0 Å². The topological polar surface area (TPSA) is 112 Å². The third kappa shape index (κ3) is 4.62. The molecule has 2 aromatic heterocycles. The van der Waals surface area contributed by atoms with Crippen molar-refractivity contribution >= 4 is 51.2 Å². The molecule has 4 aromatic rings. The van der Waals surface area contributed by atoms with Crippen molar-refractivity contribution in [1.29, 1.82) is 0 Å². The van der Waals surface area contributed by atoms with Gasteiger partial charge in [-0.05, 0) is 62.6 Å². The molecule has 0 aliphatic heterocycles. The third-order valence-electron chi connectivity index (χ3n) is 5.58. The Morgan fingerprint density at radius 1 is 1.18 bits per heavy atom. The van der Waals surface area contributed by atoms with E-state index in [1.54, 1.807) is 6.92 Å². The number of aldehydes is 1. The summed E-state index contributed by atoms with van der Waals surface area (Å²) in [7, 11) is 0. The normalized spacial score (nSPS) is 12.0. The number of phenolic OH excluding ortho intramolecular Hbond substituents is 1. The second kappa shape index (κ2) is 9.44. The van der Waals surface area contributed by atoms with Crippen LogP contribution in [0.5, 0.6) is 5.75 Å². The summed E-state index contributed by atoms with van der Waals surface area (Å²) >= 11 is 2.55. The number of carbonyl (C=O) groups is 2. The molecule has 0 saturated heterocycles. The molecule has 0 aliphatic rings. The van der Waals surface area contributed by atoms with Crippen molar-refractivity contribution in [3.8, 4) is 16.9 Å². The van der Waals surface area contributed by atoms with Gasteiger partial charge in [-0.1, -0.05) is 30.0 Å². The second-order valence-electron chi connectivity index (χ2n) is 8.03. The number of carbonyl (C=O) groups excluding carboxylic acids is 2. The van der Waals surface area contributed by atoms with E-state index in [0.29, 0.717) is 27.2 Å². The van der Waals surface area contributed by atoms with Crippen LogP contribution in [0.1, 0.15) is 33.3 Å². The van der Waals surface area contributed by atoms with Gasteiger partial charge in [-0.3, -0.25) is 14.4 Å². The van der Waals surface area contributed by atoms with E-state index in [1.165, 1.54) is 35.1 Å². The van der Waals surface area contributed by atoms with Crippen LogP contribution in [0.2, 0.25) is 0 Å². The molecule has 0 saturated carbocycles. The zero-order valence-electron chi connectivity index (χ0n) is 19.1. The van der Waals surface area contributed by atoms with E-state index in [2.05, 4.69) is 21.4 Å². The highest BCUT2D eigenvalue weighted by Gasteiger charge is 2.21. The molecule has 0 radical (unpaired) electrons. The summed E-state index contributed by atoms with van der Waals surface area (Å²) < 4.78 is 0. The number of nitrogens with zero attached hydrogens (tertiary/aromatic N) is 1. The molecule has 34 heavy (non-hydrogen) atoms. The van der Waals surface area contributed by atoms with Crippen LogP contribution in [0.15, 0.2) is 46.3 Å². The molecule has 4 rings (SSSR count). The summed E-state index contributed by atoms with van der Waals surface area (Å²) in [5.41, 5.74) is 4.41. The molecule has 174 valence electrons. The van der Waals surface area contributed by atoms with E-state index in [9.17, 15) is 19.5 Å². The second-order valence-corrected chi connectivity index (χ2v) is 10.6. The molecule has 0 fully saturated rings.